The highest BCUT2D eigenvalue weighted by molar-refractivity contribution is 5.76. The molecular weight excluding hydrogens is 346 g/mol. The molecule has 1 amide bonds. The molecule has 0 spiro atoms. The Morgan fingerprint density at radius 2 is 1.14 bits per heavy atom. The fraction of sp³-hybridized carbons (Fsp3) is 0.480. The van der Waals surface area contributed by atoms with E-state index in [1.54, 1.807) is 6.92 Å². The summed E-state index contributed by atoms with van der Waals surface area (Å²) in [6.07, 6.45) is 33.2. The molecule has 0 aromatic heterocycles. The van der Waals surface area contributed by atoms with Crippen LogP contribution in [0.5, 0.6) is 0 Å². The van der Waals surface area contributed by atoms with Crippen molar-refractivity contribution in [3.8, 4) is 0 Å². The first-order valence-corrected chi connectivity index (χ1v) is 10.5. The minimum atomic E-state index is -0.169. The summed E-state index contributed by atoms with van der Waals surface area (Å²) in [5.74, 6) is -0.0129. The van der Waals surface area contributed by atoms with Crippen molar-refractivity contribution in [1.29, 1.82) is 0 Å². The summed E-state index contributed by atoms with van der Waals surface area (Å²) < 4.78 is 0. The van der Waals surface area contributed by atoms with Gasteiger partial charge in [-0.1, -0.05) is 79.8 Å². The topological polar surface area (TPSA) is 49.3 Å². The Hall–Kier alpha value is -2.13. The first-order chi connectivity index (χ1) is 13.7. The highest BCUT2D eigenvalue weighted by Crippen LogP contribution is 1.98. The summed E-state index contributed by atoms with van der Waals surface area (Å²) in [5.41, 5.74) is 0. The summed E-state index contributed by atoms with van der Waals surface area (Å²) in [5, 5.41) is 11.6. The molecule has 1 atom stereocenters. The lowest BCUT2D eigenvalue weighted by Crippen LogP contribution is -2.34. The molecule has 0 saturated carbocycles. The summed E-state index contributed by atoms with van der Waals surface area (Å²) in [6, 6.07) is -0.169. The average molecular weight is 386 g/mol. The van der Waals surface area contributed by atoms with Crippen LogP contribution >= 0.6 is 0 Å². The quantitative estimate of drug-likeness (QED) is 0.322. The molecule has 0 bridgehead atoms. The SMILES string of the molecule is CC/C=C\C/C=C\C/C=C\C/C=C/C/C=C\C/C=C\CCC(=O)N[C@@H](C)CO. The third kappa shape index (κ3) is 20.2. The second-order valence-electron chi connectivity index (χ2n) is 6.60. The lowest BCUT2D eigenvalue weighted by atomic mass is 10.2. The second-order valence-corrected chi connectivity index (χ2v) is 6.60. The van der Waals surface area contributed by atoms with Crippen LogP contribution in [0.15, 0.2) is 72.9 Å². The number of amides is 1. The van der Waals surface area contributed by atoms with E-state index in [-0.39, 0.29) is 18.6 Å². The molecule has 2 N–H and O–H groups in total. The summed E-state index contributed by atoms with van der Waals surface area (Å²) >= 11 is 0. The molecule has 0 aromatic rings. The standard InChI is InChI=1S/C25H39NO2/c1-3-4-5-6-7-8-9-10-11-12-13-14-15-16-17-18-19-20-21-22-25(28)26-24(2)23-27/h4-5,7-8,10-11,13-14,16-17,19-20,24,27H,3,6,9,12,15,18,21-23H2,1-2H3,(H,26,28)/b5-4-,8-7-,11-10-,14-13+,17-16-,20-19-/t24-/m0/s1. The summed E-state index contributed by atoms with van der Waals surface area (Å²) in [7, 11) is 0. The molecule has 0 fully saturated rings. The Bertz CT molecular complexity index is 539. The Morgan fingerprint density at radius 3 is 1.54 bits per heavy atom. The third-order valence-electron chi connectivity index (χ3n) is 3.82. The minimum absolute atomic E-state index is 0.0129. The van der Waals surface area contributed by atoms with Gasteiger partial charge in [-0.2, -0.15) is 0 Å². The van der Waals surface area contributed by atoms with Gasteiger partial charge in [-0.05, 0) is 51.9 Å². The van der Waals surface area contributed by atoms with Crippen molar-refractivity contribution in [1.82, 2.24) is 5.32 Å². The van der Waals surface area contributed by atoms with Gasteiger partial charge < -0.3 is 10.4 Å². The molecule has 0 unspecified atom stereocenters. The number of allylic oxidation sites excluding steroid dienone is 12. The Balaban J connectivity index is 3.59. The van der Waals surface area contributed by atoms with Gasteiger partial charge >= 0.3 is 0 Å². The average Bonchev–Trinajstić information content (AvgIpc) is 2.69. The van der Waals surface area contributed by atoms with Gasteiger partial charge in [0.2, 0.25) is 5.91 Å². The van der Waals surface area contributed by atoms with Gasteiger partial charge in [-0.25, -0.2) is 0 Å². The van der Waals surface area contributed by atoms with Crippen molar-refractivity contribution in [3.63, 3.8) is 0 Å². The number of aliphatic hydroxyl groups is 1. The number of hydrogen-bond donors (Lipinski definition) is 2. The van der Waals surface area contributed by atoms with Crippen LogP contribution in [0, 0.1) is 0 Å². The lowest BCUT2D eigenvalue weighted by molar-refractivity contribution is -0.121. The van der Waals surface area contributed by atoms with Crippen molar-refractivity contribution in [2.24, 2.45) is 0 Å². The van der Waals surface area contributed by atoms with Gasteiger partial charge in [0.1, 0.15) is 0 Å². The number of rotatable bonds is 16. The Labute approximate surface area is 172 Å². The predicted octanol–water partition coefficient (Wildman–Crippen LogP) is 5.96. The van der Waals surface area contributed by atoms with Gasteiger partial charge in [0, 0.05) is 12.5 Å². The van der Waals surface area contributed by atoms with Crippen LogP contribution < -0.4 is 5.32 Å². The van der Waals surface area contributed by atoms with E-state index < -0.39 is 0 Å². The fourth-order valence-corrected chi connectivity index (χ4v) is 2.25. The van der Waals surface area contributed by atoms with E-state index in [9.17, 15) is 4.79 Å². The fourth-order valence-electron chi connectivity index (χ4n) is 2.25. The summed E-state index contributed by atoms with van der Waals surface area (Å²) in [6.45, 7) is 3.91. The molecule has 28 heavy (non-hydrogen) atoms. The van der Waals surface area contributed by atoms with E-state index in [0.29, 0.717) is 6.42 Å². The first-order valence-electron chi connectivity index (χ1n) is 10.5. The van der Waals surface area contributed by atoms with E-state index in [2.05, 4.69) is 79.1 Å². The third-order valence-corrected chi connectivity index (χ3v) is 3.82. The number of carbonyl (C=O) groups is 1. The molecule has 0 aromatic carbocycles. The van der Waals surface area contributed by atoms with Crippen molar-refractivity contribution in [2.45, 2.75) is 71.3 Å². The second kappa shape index (κ2) is 21.2. The van der Waals surface area contributed by atoms with Gasteiger partial charge in [0.15, 0.2) is 0 Å². The van der Waals surface area contributed by atoms with Crippen molar-refractivity contribution in [3.05, 3.63) is 72.9 Å². The zero-order chi connectivity index (χ0) is 20.7. The zero-order valence-corrected chi connectivity index (χ0v) is 17.7. The van der Waals surface area contributed by atoms with Crippen LogP contribution in [0.4, 0.5) is 0 Å². The van der Waals surface area contributed by atoms with E-state index in [0.717, 1.165) is 44.9 Å². The maximum absolute atomic E-state index is 11.5. The number of aliphatic hydroxyl groups excluding tert-OH is 1. The molecule has 0 aliphatic carbocycles. The van der Waals surface area contributed by atoms with Crippen molar-refractivity contribution >= 4 is 5.91 Å². The van der Waals surface area contributed by atoms with E-state index in [1.807, 2.05) is 6.08 Å². The molecular formula is C25H39NO2. The molecule has 156 valence electrons. The largest absolute Gasteiger partial charge is 0.394 e. The monoisotopic (exact) mass is 385 g/mol. The van der Waals surface area contributed by atoms with E-state index >= 15 is 0 Å². The van der Waals surface area contributed by atoms with Crippen molar-refractivity contribution in [2.75, 3.05) is 6.61 Å². The van der Waals surface area contributed by atoms with E-state index in [1.165, 1.54) is 0 Å². The number of nitrogens with one attached hydrogen (secondary N) is 1. The Kier molecular flexibility index (Phi) is 19.6. The predicted molar refractivity (Wildman–Crippen MR) is 122 cm³/mol. The van der Waals surface area contributed by atoms with Crippen LogP contribution in [0.2, 0.25) is 0 Å². The minimum Gasteiger partial charge on any atom is -0.394 e. The van der Waals surface area contributed by atoms with Crippen LogP contribution in [0.1, 0.15) is 65.2 Å². The van der Waals surface area contributed by atoms with Crippen molar-refractivity contribution < 1.29 is 9.90 Å². The number of hydrogen-bond acceptors (Lipinski definition) is 2. The zero-order valence-electron chi connectivity index (χ0n) is 17.7. The molecule has 3 heteroatoms. The normalized spacial score (nSPS) is 14.0. The first kappa shape index (κ1) is 25.9. The molecule has 0 aliphatic heterocycles. The lowest BCUT2D eigenvalue weighted by Gasteiger charge is -2.09. The maximum Gasteiger partial charge on any atom is 0.220 e. The van der Waals surface area contributed by atoms with Gasteiger partial charge in [-0.15, -0.1) is 0 Å². The molecule has 0 rings (SSSR count). The van der Waals surface area contributed by atoms with Crippen LogP contribution in [0.3, 0.4) is 0 Å². The highest BCUT2D eigenvalue weighted by Gasteiger charge is 2.03. The molecule has 0 radical (unpaired) electrons. The van der Waals surface area contributed by atoms with Crippen LogP contribution in [-0.4, -0.2) is 23.7 Å². The van der Waals surface area contributed by atoms with Crippen LogP contribution in [-0.2, 0) is 4.79 Å². The smallest absolute Gasteiger partial charge is 0.220 e. The molecule has 3 nitrogen and oxygen atoms in total. The summed E-state index contributed by atoms with van der Waals surface area (Å²) in [4.78, 5) is 11.5. The van der Waals surface area contributed by atoms with Crippen LogP contribution in [0.25, 0.3) is 0 Å². The Morgan fingerprint density at radius 1 is 0.750 bits per heavy atom. The van der Waals surface area contributed by atoms with Gasteiger partial charge in [0.05, 0.1) is 6.61 Å². The molecule has 0 aliphatic rings. The molecule has 0 heterocycles. The number of carbonyl (C=O) groups excluding carboxylic acids is 1. The van der Waals surface area contributed by atoms with Gasteiger partial charge in [0.25, 0.3) is 0 Å². The van der Waals surface area contributed by atoms with E-state index in [4.69, 9.17) is 5.11 Å². The van der Waals surface area contributed by atoms with Gasteiger partial charge in [-0.3, -0.25) is 4.79 Å². The highest BCUT2D eigenvalue weighted by atomic mass is 16.3. The molecule has 0 saturated heterocycles. The maximum atomic E-state index is 11.5.